The summed E-state index contributed by atoms with van der Waals surface area (Å²) in [7, 11) is 0. The lowest BCUT2D eigenvalue weighted by molar-refractivity contribution is -0.143. The SMILES string of the molecule is CC(C)[C@H](NC(=O)[C@H](C)NC(=O)c1ccccc1)C(=O)O. The summed E-state index contributed by atoms with van der Waals surface area (Å²) in [5.74, 6) is -2.25. The highest BCUT2D eigenvalue weighted by Crippen LogP contribution is 2.03. The van der Waals surface area contributed by atoms with Crippen molar-refractivity contribution < 1.29 is 19.5 Å². The minimum Gasteiger partial charge on any atom is -0.480 e. The molecule has 0 spiro atoms. The molecule has 21 heavy (non-hydrogen) atoms. The second-order valence-electron chi connectivity index (χ2n) is 5.13. The molecule has 6 nitrogen and oxygen atoms in total. The Balaban J connectivity index is 2.63. The highest BCUT2D eigenvalue weighted by molar-refractivity contribution is 5.97. The van der Waals surface area contributed by atoms with Gasteiger partial charge in [-0.3, -0.25) is 9.59 Å². The molecular weight excluding hydrogens is 272 g/mol. The minimum absolute atomic E-state index is 0.247. The van der Waals surface area contributed by atoms with E-state index in [4.69, 9.17) is 5.11 Å². The molecule has 3 N–H and O–H groups in total. The molecule has 0 aliphatic carbocycles. The van der Waals surface area contributed by atoms with Gasteiger partial charge < -0.3 is 15.7 Å². The topological polar surface area (TPSA) is 95.5 Å². The Labute approximate surface area is 123 Å². The molecule has 1 rings (SSSR count). The Morgan fingerprint density at radius 2 is 1.57 bits per heavy atom. The predicted molar refractivity (Wildman–Crippen MR) is 77.8 cm³/mol. The van der Waals surface area contributed by atoms with Crippen LogP contribution in [-0.2, 0) is 9.59 Å². The van der Waals surface area contributed by atoms with Crippen LogP contribution in [0.2, 0.25) is 0 Å². The second-order valence-corrected chi connectivity index (χ2v) is 5.13. The first kappa shape index (κ1) is 16.7. The standard InChI is InChI=1S/C15H20N2O4/c1-9(2)12(15(20)21)17-13(18)10(3)16-14(19)11-7-5-4-6-8-11/h4-10,12H,1-3H3,(H,16,19)(H,17,18)(H,20,21)/t10-,12-/m0/s1. The fourth-order valence-corrected chi connectivity index (χ4v) is 1.73. The van der Waals surface area contributed by atoms with Gasteiger partial charge in [-0.2, -0.15) is 0 Å². The van der Waals surface area contributed by atoms with E-state index in [2.05, 4.69) is 10.6 Å². The lowest BCUT2D eigenvalue weighted by atomic mass is 10.0. The van der Waals surface area contributed by atoms with Crippen molar-refractivity contribution in [1.82, 2.24) is 10.6 Å². The van der Waals surface area contributed by atoms with Crippen LogP contribution in [0.1, 0.15) is 31.1 Å². The van der Waals surface area contributed by atoms with Gasteiger partial charge in [0.15, 0.2) is 0 Å². The number of amides is 2. The highest BCUT2D eigenvalue weighted by Gasteiger charge is 2.26. The Bertz CT molecular complexity index is 514. The van der Waals surface area contributed by atoms with E-state index in [0.717, 1.165) is 0 Å². The van der Waals surface area contributed by atoms with Gasteiger partial charge in [0.2, 0.25) is 5.91 Å². The molecule has 0 aliphatic heterocycles. The van der Waals surface area contributed by atoms with Crippen molar-refractivity contribution >= 4 is 17.8 Å². The number of hydrogen-bond acceptors (Lipinski definition) is 3. The smallest absolute Gasteiger partial charge is 0.326 e. The van der Waals surface area contributed by atoms with Gasteiger partial charge >= 0.3 is 5.97 Å². The maximum atomic E-state index is 11.9. The first-order chi connectivity index (χ1) is 9.82. The largest absolute Gasteiger partial charge is 0.480 e. The zero-order valence-corrected chi connectivity index (χ0v) is 12.3. The van der Waals surface area contributed by atoms with Crippen molar-refractivity contribution in [2.75, 3.05) is 0 Å². The maximum absolute atomic E-state index is 11.9. The number of carbonyl (C=O) groups excluding carboxylic acids is 2. The van der Waals surface area contributed by atoms with Gasteiger partial charge in [-0.15, -0.1) is 0 Å². The fourth-order valence-electron chi connectivity index (χ4n) is 1.73. The number of carboxylic acids is 1. The summed E-state index contributed by atoms with van der Waals surface area (Å²) in [5, 5.41) is 14.0. The number of nitrogens with one attached hydrogen (secondary N) is 2. The summed E-state index contributed by atoms with van der Waals surface area (Å²) in [4.78, 5) is 34.9. The number of rotatable bonds is 6. The van der Waals surface area contributed by atoms with Gasteiger partial charge in [-0.05, 0) is 25.0 Å². The molecule has 2 atom stereocenters. The van der Waals surface area contributed by atoms with Gasteiger partial charge in [0.05, 0.1) is 0 Å². The summed E-state index contributed by atoms with van der Waals surface area (Å²) in [6.45, 7) is 4.91. The quantitative estimate of drug-likeness (QED) is 0.729. The Morgan fingerprint density at radius 3 is 2.05 bits per heavy atom. The minimum atomic E-state index is -1.10. The molecule has 1 aromatic rings. The zero-order valence-electron chi connectivity index (χ0n) is 12.3. The maximum Gasteiger partial charge on any atom is 0.326 e. The van der Waals surface area contributed by atoms with Crippen LogP contribution >= 0.6 is 0 Å². The van der Waals surface area contributed by atoms with Crippen LogP contribution in [0.15, 0.2) is 30.3 Å². The summed E-state index contributed by atoms with van der Waals surface area (Å²) in [6, 6.07) is 6.69. The van der Waals surface area contributed by atoms with Crippen LogP contribution in [-0.4, -0.2) is 35.0 Å². The second kappa shape index (κ2) is 7.42. The van der Waals surface area contributed by atoms with Crippen LogP contribution in [0.25, 0.3) is 0 Å². The molecule has 0 aromatic heterocycles. The Hall–Kier alpha value is -2.37. The average Bonchev–Trinajstić information content (AvgIpc) is 2.44. The molecule has 1 aromatic carbocycles. The lowest BCUT2D eigenvalue weighted by Gasteiger charge is -2.21. The average molecular weight is 292 g/mol. The van der Waals surface area contributed by atoms with Crippen LogP contribution in [0, 0.1) is 5.92 Å². The van der Waals surface area contributed by atoms with Gasteiger partial charge in [-0.1, -0.05) is 32.0 Å². The summed E-state index contributed by atoms with van der Waals surface area (Å²) in [6.07, 6.45) is 0. The molecule has 0 bridgehead atoms. The molecule has 0 aliphatic rings. The third-order valence-electron chi connectivity index (χ3n) is 3.01. The molecule has 0 unspecified atom stereocenters. The van der Waals surface area contributed by atoms with Crippen molar-refractivity contribution in [3.05, 3.63) is 35.9 Å². The molecule has 0 saturated heterocycles. The summed E-state index contributed by atoms with van der Waals surface area (Å²) in [5.41, 5.74) is 0.441. The lowest BCUT2D eigenvalue weighted by Crippen LogP contribution is -2.52. The zero-order chi connectivity index (χ0) is 16.0. The van der Waals surface area contributed by atoms with Crippen molar-refractivity contribution in [2.45, 2.75) is 32.9 Å². The molecule has 0 heterocycles. The molecule has 6 heteroatoms. The van der Waals surface area contributed by atoms with Gasteiger partial charge in [0, 0.05) is 5.56 Å². The van der Waals surface area contributed by atoms with Crippen molar-refractivity contribution in [1.29, 1.82) is 0 Å². The van der Waals surface area contributed by atoms with Gasteiger partial charge in [0.25, 0.3) is 5.91 Å². The molecular formula is C15H20N2O4. The predicted octanol–water partition coefficient (Wildman–Crippen LogP) is 1.03. The van der Waals surface area contributed by atoms with E-state index < -0.39 is 24.0 Å². The van der Waals surface area contributed by atoms with Crippen molar-refractivity contribution in [3.8, 4) is 0 Å². The Kier molecular flexibility index (Phi) is 5.90. The number of hydrogen-bond donors (Lipinski definition) is 3. The van der Waals surface area contributed by atoms with Crippen LogP contribution < -0.4 is 10.6 Å². The van der Waals surface area contributed by atoms with E-state index in [1.165, 1.54) is 6.92 Å². The van der Waals surface area contributed by atoms with E-state index in [1.807, 2.05) is 0 Å². The van der Waals surface area contributed by atoms with E-state index in [0.29, 0.717) is 5.56 Å². The van der Waals surface area contributed by atoms with Gasteiger partial charge in [0.1, 0.15) is 12.1 Å². The number of benzene rings is 1. The monoisotopic (exact) mass is 292 g/mol. The summed E-state index contributed by atoms with van der Waals surface area (Å²) < 4.78 is 0. The van der Waals surface area contributed by atoms with Crippen molar-refractivity contribution in [2.24, 2.45) is 5.92 Å². The number of carboxylic acid groups (broad SMARTS) is 1. The number of carbonyl (C=O) groups is 3. The van der Waals surface area contributed by atoms with Crippen LogP contribution in [0.4, 0.5) is 0 Å². The molecule has 0 radical (unpaired) electrons. The highest BCUT2D eigenvalue weighted by atomic mass is 16.4. The third-order valence-corrected chi connectivity index (χ3v) is 3.01. The first-order valence-electron chi connectivity index (χ1n) is 6.72. The van der Waals surface area contributed by atoms with Crippen LogP contribution in [0.3, 0.4) is 0 Å². The van der Waals surface area contributed by atoms with Gasteiger partial charge in [-0.25, -0.2) is 4.79 Å². The van der Waals surface area contributed by atoms with E-state index in [9.17, 15) is 14.4 Å². The number of aliphatic carboxylic acids is 1. The first-order valence-corrected chi connectivity index (χ1v) is 6.72. The molecule has 0 saturated carbocycles. The molecule has 114 valence electrons. The third kappa shape index (κ3) is 4.91. The normalized spacial score (nSPS) is 13.3. The van der Waals surface area contributed by atoms with Crippen LogP contribution in [0.5, 0.6) is 0 Å². The Morgan fingerprint density at radius 1 is 1.00 bits per heavy atom. The van der Waals surface area contributed by atoms with E-state index in [1.54, 1.807) is 44.2 Å². The molecule has 0 fully saturated rings. The molecule has 2 amide bonds. The summed E-state index contributed by atoms with van der Waals surface area (Å²) >= 11 is 0. The van der Waals surface area contributed by atoms with Crippen molar-refractivity contribution in [3.63, 3.8) is 0 Å². The van der Waals surface area contributed by atoms with E-state index >= 15 is 0 Å². The van der Waals surface area contributed by atoms with E-state index in [-0.39, 0.29) is 11.8 Å². The fraction of sp³-hybridized carbons (Fsp3) is 0.400.